The Labute approximate surface area is 89.5 Å². The Morgan fingerprint density at radius 2 is 1.79 bits per heavy atom. The second-order valence-electron chi connectivity index (χ2n) is 3.90. The van der Waals surface area contributed by atoms with Crippen molar-refractivity contribution in [1.29, 1.82) is 0 Å². The molecule has 14 heavy (non-hydrogen) atoms. The zero-order valence-corrected chi connectivity index (χ0v) is 10.1. The van der Waals surface area contributed by atoms with Gasteiger partial charge in [0.2, 0.25) is 0 Å². The minimum Gasteiger partial charge on any atom is -0.381 e. The quantitative estimate of drug-likeness (QED) is 0.622. The molecule has 0 N–H and O–H groups in total. The first-order valence-electron chi connectivity index (χ1n) is 5.98. The average Bonchev–Trinajstić information content (AvgIpc) is 2.29. The standard InChI is InChI=1S/C9H18O.C4H8/c1-3-8-5-6-10-7-9(8)4-2;1-3-4-2/h8-9H,3-7H2,1-2H3;3H,1,4H2,2H3. The first-order valence-corrected chi connectivity index (χ1v) is 5.98. The topological polar surface area (TPSA) is 9.23 Å². The molecule has 0 aromatic heterocycles. The average molecular weight is 198 g/mol. The van der Waals surface area contributed by atoms with E-state index >= 15 is 0 Å². The van der Waals surface area contributed by atoms with Crippen LogP contribution in [0.15, 0.2) is 12.7 Å². The summed E-state index contributed by atoms with van der Waals surface area (Å²) in [5.74, 6) is 1.79. The van der Waals surface area contributed by atoms with Gasteiger partial charge in [0.15, 0.2) is 0 Å². The molecule has 1 aliphatic heterocycles. The van der Waals surface area contributed by atoms with Crippen molar-refractivity contribution in [3.05, 3.63) is 12.7 Å². The second-order valence-corrected chi connectivity index (χ2v) is 3.90. The van der Waals surface area contributed by atoms with Crippen LogP contribution in [-0.4, -0.2) is 13.2 Å². The summed E-state index contributed by atoms with van der Waals surface area (Å²) in [5.41, 5.74) is 0. The highest BCUT2D eigenvalue weighted by Gasteiger charge is 2.21. The molecule has 1 rings (SSSR count). The molecule has 0 spiro atoms. The molecule has 2 unspecified atom stereocenters. The molecule has 0 amide bonds. The highest BCUT2D eigenvalue weighted by atomic mass is 16.5. The van der Waals surface area contributed by atoms with Gasteiger partial charge in [0.05, 0.1) is 0 Å². The molecule has 0 radical (unpaired) electrons. The first-order chi connectivity index (χ1) is 6.79. The van der Waals surface area contributed by atoms with Gasteiger partial charge in [0, 0.05) is 13.2 Å². The van der Waals surface area contributed by atoms with E-state index in [1.165, 1.54) is 19.3 Å². The van der Waals surface area contributed by atoms with Crippen molar-refractivity contribution < 1.29 is 4.74 Å². The Morgan fingerprint density at radius 1 is 1.21 bits per heavy atom. The van der Waals surface area contributed by atoms with E-state index < -0.39 is 0 Å². The molecule has 84 valence electrons. The van der Waals surface area contributed by atoms with E-state index in [0.717, 1.165) is 31.5 Å². The van der Waals surface area contributed by atoms with Crippen molar-refractivity contribution in [2.75, 3.05) is 13.2 Å². The van der Waals surface area contributed by atoms with Crippen LogP contribution in [0.1, 0.15) is 46.5 Å². The Morgan fingerprint density at radius 3 is 2.14 bits per heavy atom. The number of rotatable bonds is 3. The normalized spacial score (nSPS) is 26.2. The van der Waals surface area contributed by atoms with E-state index in [1.807, 2.05) is 6.08 Å². The van der Waals surface area contributed by atoms with Crippen LogP contribution in [0.2, 0.25) is 0 Å². The van der Waals surface area contributed by atoms with E-state index in [0.29, 0.717) is 0 Å². The van der Waals surface area contributed by atoms with E-state index in [2.05, 4.69) is 27.4 Å². The van der Waals surface area contributed by atoms with Gasteiger partial charge in [-0.15, -0.1) is 6.58 Å². The van der Waals surface area contributed by atoms with Gasteiger partial charge in [-0.2, -0.15) is 0 Å². The van der Waals surface area contributed by atoms with Crippen LogP contribution >= 0.6 is 0 Å². The molecular weight excluding hydrogens is 172 g/mol. The van der Waals surface area contributed by atoms with Gasteiger partial charge in [0.1, 0.15) is 0 Å². The summed E-state index contributed by atoms with van der Waals surface area (Å²) in [4.78, 5) is 0. The van der Waals surface area contributed by atoms with Gasteiger partial charge in [-0.1, -0.05) is 39.7 Å². The van der Waals surface area contributed by atoms with Crippen molar-refractivity contribution in [1.82, 2.24) is 0 Å². The molecule has 1 nitrogen and oxygen atoms in total. The SMILES string of the molecule is C=CCC.CCC1CCOCC1CC. The summed E-state index contributed by atoms with van der Waals surface area (Å²) in [5, 5.41) is 0. The maximum absolute atomic E-state index is 5.41. The number of hydrogen-bond donors (Lipinski definition) is 0. The van der Waals surface area contributed by atoms with Crippen molar-refractivity contribution in [2.45, 2.75) is 46.5 Å². The lowest BCUT2D eigenvalue weighted by Gasteiger charge is -2.29. The highest BCUT2D eigenvalue weighted by molar-refractivity contribution is 4.70. The number of hydrogen-bond acceptors (Lipinski definition) is 1. The van der Waals surface area contributed by atoms with Gasteiger partial charge in [-0.3, -0.25) is 0 Å². The minimum absolute atomic E-state index is 0.846. The predicted molar refractivity (Wildman–Crippen MR) is 63.5 cm³/mol. The predicted octanol–water partition coefficient (Wildman–Crippen LogP) is 4.04. The molecule has 1 heterocycles. The zero-order chi connectivity index (χ0) is 10.8. The summed E-state index contributed by atoms with van der Waals surface area (Å²) < 4.78 is 5.41. The lowest BCUT2D eigenvalue weighted by Crippen LogP contribution is -2.26. The molecule has 1 aliphatic rings. The second kappa shape index (κ2) is 9.26. The molecular formula is C13H26O. The van der Waals surface area contributed by atoms with Crippen LogP contribution in [0.5, 0.6) is 0 Å². The van der Waals surface area contributed by atoms with Crippen molar-refractivity contribution in [3.63, 3.8) is 0 Å². The fourth-order valence-corrected chi connectivity index (χ4v) is 1.83. The fourth-order valence-electron chi connectivity index (χ4n) is 1.83. The maximum atomic E-state index is 5.41. The largest absolute Gasteiger partial charge is 0.381 e. The summed E-state index contributed by atoms with van der Waals surface area (Å²) in [6.45, 7) is 12.1. The lowest BCUT2D eigenvalue weighted by molar-refractivity contribution is 0.0142. The Hall–Kier alpha value is -0.300. The van der Waals surface area contributed by atoms with E-state index in [-0.39, 0.29) is 0 Å². The third-order valence-electron chi connectivity index (χ3n) is 2.97. The number of allylic oxidation sites excluding steroid dienone is 1. The van der Waals surface area contributed by atoms with Crippen LogP contribution < -0.4 is 0 Å². The van der Waals surface area contributed by atoms with Crippen LogP contribution in [-0.2, 0) is 4.74 Å². The minimum atomic E-state index is 0.846. The molecule has 1 saturated heterocycles. The monoisotopic (exact) mass is 198 g/mol. The first kappa shape index (κ1) is 13.7. The van der Waals surface area contributed by atoms with Gasteiger partial charge < -0.3 is 4.74 Å². The van der Waals surface area contributed by atoms with Crippen LogP contribution in [0.25, 0.3) is 0 Å². The van der Waals surface area contributed by atoms with E-state index in [4.69, 9.17) is 4.74 Å². The van der Waals surface area contributed by atoms with Crippen molar-refractivity contribution >= 4 is 0 Å². The Balaban J connectivity index is 0.000000364. The molecule has 0 bridgehead atoms. The summed E-state index contributed by atoms with van der Waals surface area (Å²) in [6.07, 6.45) is 6.87. The highest BCUT2D eigenvalue weighted by Crippen LogP contribution is 2.26. The third-order valence-corrected chi connectivity index (χ3v) is 2.97. The van der Waals surface area contributed by atoms with Gasteiger partial charge in [-0.25, -0.2) is 0 Å². The van der Waals surface area contributed by atoms with Crippen molar-refractivity contribution in [2.24, 2.45) is 11.8 Å². The van der Waals surface area contributed by atoms with Crippen LogP contribution in [0.3, 0.4) is 0 Å². The van der Waals surface area contributed by atoms with E-state index in [1.54, 1.807) is 0 Å². The lowest BCUT2D eigenvalue weighted by atomic mass is 9.85. The molecule has 0 aliphatic carbocycles. The molecule has 1 fully saturated rings. The smallest absolute Gasteiger partial charge is 0.0496 e. The van der Waals surface area contributed by atoms with Gasteiger partial charge in [0.25, 0.3) is 0 Å². The summed E-state index contributed by atoms with van der Waals surface area (Å²) in [7, 11) is 0. The van der Waals surface area contributed by atoms with Gasteiger partial charge in [-0.05, 0) is 24.7 Å². The fraction of sp³-hybridized carbons (Fsp3) is 0.846. The van der Waals surface area contributed by atoms with Crippen LogP contribution in [0, 0.1) is 11.8 Å². The third kappa shape index (κ3) is 5.43. The van der Waals surface area contributed by atoms with Crippen LogP contribution in [0.4, 0.5) is 0 Å². The molecule has 2 atom stereocenters. The Bertz CT molecular complexity index is 119. The summed E-state index contributed by atoms with van der Waals surface area (Å²) >= 11 is 0. The van der Waals surface area contributed by atoms with Crippen molar-refractivity contribution in [3.8, 4) is 0 Å². The molecule has 0 aromatic carbocycles. The van der Waals surface area contributed by atoms with E-state index in [9.17, 15) is 0 Å². The molecule has 0 saturated carbocycles. The molecule has 0 aromatic rings. The summed E-state index contributed by atoms with van der Waals surface area (Å²) in [6, 6.07) is 0. The van der Waals surface area contributed by atoms with Gasteiger partial charge >= 0.3 is 0 Å². The Kier molecular flexibility index (Phi) is 9.06. The number of ether oxygens (including phenoxy) is 1. The maximum Gasteiger partial charge on any atom is 0.0496 e. The zero-order valence-electron chi connectivity index (χ0n) is 10.1. The molecule has 1 heteroatoms.